The summed E-state index contributed by atoms with van der Waals surface area (Å²) in [4.78, 5) is 0. The number of rotatable bonds is 4. The molecule has 0 bridgehead atoms. The molecule has 66 heavy (non-hydrogen) atoms. The van der Waals surface area contributed by atoms with Crippen LogP contribution < -0.4 is 21.9 Å². The van der Waals surface area contributed by atoms with Gasteiger partial charge in [0.1, 0.15) is 52.7 Å². The van der Waals surface area contributed by atoms with Crippen LogP contribution in [0.1, 0.15) is 63.8 Å². The van der Waals surface area contributed by atoms with Gasteiger partial charge in [0.25, 0.3) is 0 Å². The second kappa shape index (κ2) is 19.2. The molecule has 5 aromatic carbocycles. The molecule has 358 valence electrons. The van der Waals surface area contributed by atoms with Gasteiger partial charge in [0.2, 0.25) is 0 Å². The normalized spacial score (nSPS) is 13.5. The van der Waals surface area contributed by atoms with Crippen LogP contribution in [0.4, 0.5) is 87.8 Å². The van der Waals surface area contributed by atoms with Crippen molar-refractivity contribution in [2.75, 3.05) is 0 Å². The Hall–Kier alpha value is -5.11. The summed E-state index contributed by atoms with van der Waals surface area (Å²) in [5.74, 6) is -71.4. The largest absolute Gasteiger partial charge is 2.00 e. The van der Waals surface area contributed by atoms with Crippen LogP contribution in [-0.4, -0.2) is 6.15 Å². The summed E-state index contributed by atoms with van der Waals surface area (Å²) in [6, 6.07) is 2.24. The van der Waals surface area contributed by atoms with Gasteiger partial charge in [-0.2, -0.15) is 22.3 Å². The van der Waals surface area contributed by atoms with Gasteiger partial charge in [-0.15, -0.1) is 21.9 Å². The molecule has 0 radical (unpaired) electrons. The Kier molecular flexibility index (Phi) is 16.1. The SMILES string of the molecule is CC1=C(C)C(C)(C)C(C)=C1C.Cc1cc(C)[c-](C)c1C.Fc1c(F)c(F)c([B-](c2c(F)c(F)c(F)c(F)c2F)(c2c(F)c(F)c(F)c(F)c2F)c2c(F)c(F)c(F)c(F)c2F)c(F)c1F.[Fe+2]. The topological polar surface area (TPSA) is 0 Å². The Morgan fingerprint density at radius 3 is 0.636 bits per heavy atom. The average molecular weight is 1010 g/mol. The molecule has 0 heterocycles. The molecular formula is C44H31BF20Fe. The molecule has 22 heteroatoms. The molecular weight excluding hydrogens is 975 g/mol. The fourth-order valence-electron chi connectivity index (χ4n) is 7.79. The van der Waals surface area contributed by atoms with Crippen molar-refractivity contribution in [2.45, 2.75) is 69.2 Å². The number of hydrogen-bond acceptors (Lipinski definition) is 0. The molecule has 0 atom stereocenters. The molecule has 5 aromatic rings. The van der Waals surface area contributed by atoms with Crippen molar-refractivity contribution in [3.8, 4) is 0 Å². The average Bonchev–Trinajstić information content (AvgIpc) is 3.56. The Labute approximate surface area is 373 Å². The molecule has 0 unspecified atom stereocenters. The van der Waals surface area contributed by atoms with E-state index < -0.39 is 144 Å². The molecule has 0 N–H and O–H groups in total. The van der Waals surface area contributed by atoms with Gasteiger partial charge in [-0.25, -0.2) is 93.9 Å². The minimum absolute atomic E-state index is 0. The molecule has 0 aliphatic heterocycles. The van der Waals surface area contributed by atoms with E-state index in [0.717, 1.165) is 0 Å². The summed E-state index contributed by atoms with van der Waals surface area (Å²) in [5, 5.41) is 0. The molecule has 0 fully saturated rings. The van der Waals surface area contributed by atoms with Gasteiger partial charge in [-0.3, -0.25) is 0 Å². The summed E-state index contributed by atoms with van der Waals surface area (Å²) in [6.07, 6.45) is -7.22. The summed E-state index contributed by atoms with van der Waals surface area (Å²) < 4.78 is 294. The molecule has 1 aliphatic rings. The van der Waals surface area contributed by atoms with Crippen LogP contribution >= 0.6 is 0 Å². The monoisotopic (exact) mass is 1010 g/mol. The Bertz CT molecular complexity index is 2440. The molecule has 6 rings (SSSR count). The van der Waals surface area contributed by atoms with Crippen LogP contribution in [0.5, 0.6) is 0 Å². The van der Waals surface area contributed by atoms with Gasteiger partial charge in [0, 0.05) is 5.41 Å². The molecule has 0 spiro atoms. The van der Waals surface area contributed by atoms with E-state index in [2.05, 4.69) is 75.3 Å². The Balaban J connectivity index is 0.000000449. The summed E-state index contributed by atoms with van der Waals surface area (Å²) in [5.41, 5.74) is -2.21. The Morgan fingerprint density at radius 2 is 0.530 bits per heavy atom. The maximum atomic E-state index is 15.4. The second-order valence-corrected chi connectivity index (χ2v) is 15.7. The van der Waals surface area contributed by atoms with Crippen molar-refractivity contribution in [3.63, 3.8) is 0 Å². The van der Waals surface area contributed by atoms with Crippen LogP contribution in [0.3, 0.4) is 0 Å². The predicted octanol–water partition coefficient (Wildman–Crippen LogP) is 12.2. The number of hydrogen-bond donors (Lipinski definition) is 0. The third kappa shape index (κ3) is 8.23. The first-order valence-corrected chi connectivity index (χ1v) is 18.5. The van der Waals surface area contributed by atoms with Crippen molar-refractivity contribution < 1.29 is 105 Å². The smallest absolute Gasteiger partial charge is 0.207 e. The number of halogens is 20. The zero-order valence-electron chi connectivity index (χ0n) is 35.6. The van der Waals surface area contributed by atoms with E-state index in [-0.39, 0.29) is 17.1 Å². The summed E-state index contributed by atoms with van der Waals surface area (Å²) in [6.45, 7) is 22.2. The molecule has 0 saturated heterocycles. The van der Waals surface area contributed by atoms with Crippen molar-refractivity contribution in [1.29, 1.82) is 0 Å². The minimum Gasteiger partial charge on any atom is -0.207 e. The zero-order chi connectivity index (χ0) is 50.2. The van der Waals surface area contributed by atoms with Crippen molar-refractivity contribution in [2.24, 2.45) is 5.41 Å². The molecule has 0 amide bonds. The quantitative estimate of drug-likeness (QED) is 0.0553. The maximum Gasteiger partial charge on any atom is 2.00 e. The van der Waals surface area contributed by atoms with E-state index >= 15 is 35.1 Å². The molecule has 0 saturated carbocycles. The standard InChI is InChI=1S/C24BF20.C11H18.C9H13.Fe/c26-5-1(6(27)14(35)21(42)13(5)34)25(2-7(28)15(36)22(43)16(37)8(2)29,3-9(30)17(38)23(44)18(39)10(3)31)4-11(32)19(40)24(45)20(41)12(4)33;1-7-8(2)10(4)11(5,6)9(7)3;1-6-5-7(2)9(4)8(6)3;/h;1-6H3;5H,1-4H3;/q-1;;-1;+2. The van der Waals surface area contributed by atoms with Crippen LogP contribution in [0.2, 0.25) is 0 Å². The van der Waals surface area contributed by atoms with E-state index in [0.29, 0.717) is 5.41 Å². The van der Waals surface area contributed by atoms with E-state index in [1.54, 1.807) is 0 Å². The fourth-order valence-corrected chi connectivity index (χ4v) is 7.79. The fraction of sp³-hybridized carbons (Fsp3) is 0.250. The summed E-state index contributed by atoms with van der Waals surface area (Å²) >= 11 is 0. The summed E-state index contributed by atoms with van der Waals surface area (Å²) in [7, 11) is 0. The number of benzene rings is 4. The van der Waals surface area contributed by atoms with Crippen LogP contribution in [0.15, 0.2) is 28.4 Å². The van der Waals surface area contributed by atoms with Crippen LogP contribution in [-0.2, 0) is 17.1 Å². The van der Waals surface area contributed by atoms with Gasteiger partial charge in [0.05, 0.1) is 0 Å². The first-order valence-electron chi connectivity index (χ1n) is 18.5. The van der Waals surface area contributed by atoms with E-state index in [1.807, 2.05) is 0 Å². The van der Waals surface area contributed by atoms with Gasteiger partial charge < -0.3 is 0 Å². The van der Waals surface area contributed by atoms with E-state index in [1.165, 1.54) is 44.5 Å². The first kappa shape index (κ1) is 55.2. The Morgan fingerprint density at radius 1 is 0.348 bits per heavy atom. The van der Waals surface area contributed by atoms with Crippen LogP contribution in [0.25, 0.3) is 0 Å². The number of allylic oxidation sites excluding steroid dienone is 4. The second-order valence-electron chi connectivity index (χ2n) is 15.7. The minimum atomic E-state index is -7.22. The molecule has 0 aromatic heterocycles. The molecule has 0 nitrogen and oxygen atoms in total. The van der Waals surface area contributed by atoms with E-state index in [9.17, 15) is 52.7 Å². The van der Waals surface area contributed by atoms with Crippen molar-refractivity contribution >= 4 is 28.0 Å². The van der Waals surface area contributed by atoms with Crippen LogP contribution in [0, 0.1) is 149 Å². The third-order valence-electron chi connectivity index (χ3n) is 12.4. The predicted molar refractivity (Wildman–Crippen MR) is 201 cm³/mol. The molecule has 1 aliphatic carbocycles. The zero-order valence-corrected chi connectivity index (χ0v) is 36.7. The van der Waals surface area contributed by atoms with Crippen molar-refractivity contribution in [1.82, 2.24) is 0 Å². The van der Waals surface area contributed by atoms with E-state index in [4.69, 9.17) is 0 Å². The third-order valence-corrected chi connectivity index (χ3v) is 12.4. The van der Waals surface area contributed by atoms with Gasteiger partial charge >= 0.3 is 17.1 Å². The van der Waals surface area contributed by atoms with Gasteiger partial charge in [-0.05, 0) is 38.8 Å². The maximum absolute atomic E-state index is 15.4. The van der Waals surface area contributed by atoms with Gasteiger partial charge in [-0.1, -0.05) is 52.7 Å². The van der Waals surface area contributed by atoms with Crippen molar-refractivity contribution in [3.05, 3.63) is 167 Å². The number of aryl methyl sites for hydroxylation is 2. The van der Waals surface area contributed by atoms with Gasteiger partial charge in [0.15, 0.2) is 69.8 Å². The first-order chi connectivity index (χ1) is 29.7.